The Morgan fingerprint density at radius 3 is 2.39 bits per heavy atom. The fourth-order valence-electron chi connectivity index (χ4n) is 2.50. The first kappa shape index (κ1) is 22.0. The highest BCUT2D eigenvalue weighted by Crippen LogP contribution is 2.35. The predicted octanol–water partition coefficient (Wildman–Crippen LogP) is 3.75. The van der Waals surface area contributed by atoms with Gasteiger partial charge in [-0.1, -0.05) is 27.7 Å². The van der Waals surface area contributed by atoms with Gasteiger partial charge in [0.2, 0.25) is 15.9 Å². The van der Waals surface area contributed by atoms with Crippen molar-refractivity contribution < 1.29 is 17.6 Å². The molecule has 2 N–H and O–H groups in total. The second kappa shape index (κ2) is 8.39. The molecule has 6 nitrogen and oxygen atoms in total. The summed E-state index contributed by atoms with van der Waals surface area (Å²) >= 11 is 1.23. The summed E-state index contributed by atoms with van der Waals surface area (Å²) in [6, 6.07) is 5.41. The minimum atomic E-state index is -4.00. The Morgan fingerprint density at radius 2 is 1.89 bits per heavy atom. The Labute approximate surface area is 168 Å². The summed E-state index contributed by atoms with van der Waals surface area (Å²) in [6.45, 7) is 7.56. The highest BCUT2D eigenvalue weighted by atomic mass is 32.2. The molecule has 0 fully saturated rings. The first-order valence-electron chi connectivity index (χ1n) is 8.60. The predicted molar refractivity (Wildman–Crippen MR) is 107 cm³/mol. The topological polar surface area (TPSA) is 99.1 Å². The quantitative estimate of drug-likeness (QED) is 0.739. The third-order valence-electron chi connectivity index (χ3n) is 4.09. The van der Waals surface area contributed by atoms with Crippen molar-refractivity contribution >= 4 is 32.3 Å². The maximum atomic E-state index is 13.0. The molecule has 28 heavy (non-hydrogen) atoms. The number of nitriles is 1. The highest BCUT2D eigenvalue weighted by Gasteiger charge is 2.27. The molecule has 1 amide bonds. The number of hydrogen-bond acceptors (Lipinski definition) is 5. The van der Waals surface area contributed by atoms with E-state index in [9.17, 15) is 22.9 Å². The lowest BCUT2D eigenvalue weighted by molar-refractivity contribution is -0.117. The molecule has 2 aromatic rings. The number of rotatable bonds is 6. The summed E-state index contributed by atoms with van der Waals surface area (Å²) in [4.78, 5) is 12.5. The Hall–Kier alpha value is -2.28. The number of carbonyl (C=O) groups is 1. The van der Waals surface area contributed by atoms with Gasteiger partial charge in [0.05, 0.1) is 10.5 Å². The number of benzene rings is 1. The van der Waals surface area contributed by atoms with Gasteiger partial charge < -0.3 is 5.32 Å². The Kier molecular flexibility index (Phi) is 6.59. The summed E-state index contributed by atoms with van der Waals surface area (Å²) in [5, 5.41) is 14.3. The lowest BCUT2D eigenvalue weighted by Gasteiger charge is -2.18. The number of anilines is 1. The van der Waals surface area contributed by atoms with Crippen LogP contribution in [0.5, 0.6) is 0 Å². The lowest BCUT2D eigenvalue weighted by Crippen LogP contribution is -2.43. The largest absolute Gasteiger partial charge is 0.315 e. The third-order valence-corrected chi connectivity index (χ3v) is 6.48. The molecule has 1 atom stereocenters. The number of sulfonamides is 1. The molecule has 0 saturated carbocycles. The standard InChI is InChI=1S/C19H22FN3O3S2/c1-5-16(23-28(25,26)13-8-6-12(20)7-9-13)17(24)22-18-14(10-21)15(11-27-18)19(2,3)4/h6-9,11,16,23H,5H2,1-4H3,(H,22,24). The summed E-state index contributed by atoms with van der Waals surface area (Å²) in [5.74, 6) is -1.12. The van der Waals surface area contributed by atoms with E-state index in [0.29, 0.717) is 10.6 Å². The molecule has 1 aromatic heterocycles. The average Bonchev–Trinajstić information content (AvgIpc) is 3.02. The molecular formula is C19H22FN3O3S2. The second-order valence-electron chi connectivity index (χ2n) is 7.24. The van der Waals surface area contributed by atoms with Crippen molar-refractivity contribution in [3.05, 3.63) is 46.6 Å². The van der Waals surface area contributed by atoms with Gasteiger partial charge in [-0.15, -0.1) is 11.3 Å². The molecule has 0 aliphatic carbocycles. The van der Waals surface area contributed by atoms with Gasteiger partial charge in [0, 0.05) is 0 Å². The van der Waals surface area contributed by atoms with Gasteiger partial charge in [-0.05, 0) is 47.0 Å². The molecule has 0 saturated heterocycles. The summed E-state index contributed by atoms with van der Waals surface area (Å²) in [5.41, 5.74) is 0.927. The minimum absolute atomic E-state index is 0.135. The normalized spacial score (nSPS) is 13.0. The zero-order chi connectivity index (χ0) is 21.1. The van der Waals surface area contributed by atoms with Crippen LogP contribution in [0.4, 0.5) is 9.39 Å². The third kappa shape index (κ3) is 4.95. The Bertz CT molecular complexity index is 1000. The van der Waals surface area contributed by atoms with Gasteiger partial charge in [-0.25, -0.2) is 12.8 Å². The minimum Gasteiger partial charge on any atom is -0.315 e. The Balaban J connectivity index is 2.22. The van der Waals surface area contributed by atoms with E-state index < -0.39 is 27.8 Å². The van der Waals surface area contributed by atoms with Crippen LogP contribution in [0.3, 0.4) is 0 Å². The molecule has 1 heterocycles. The van der Waals surface area contributed by atoms with Crippen LogP contribution in [0, 0.1) is 17.1 Å². The van der Waals surface area contributed by atoms with E-state index in [-0.39, 0.29) is 16.7 Å². The fourth-order valence-corrected chi connectivity index (χ4v) is 4.92. The zero-order valence-electron chi connectivity index (χ0n) is 16.0. The number of amides is 1. The van der Waals surface area contributed by atoms with E-state index >= 15 is 0 Å². The van der Waals surface area contributed by atoms with Crippen molar-refractivity contribution in [2.24, 2.45) is 0 Å². The molecule has 1 aromatic carbocycles. The van der Waals surface area contributed by atoms with Crippen LogP contribution in [0.15, 0.2) is 34.5 Å². The van der Waals surface area contributed by atoms with Gasteiger partial charge in [0.15, 0.2) is 0 Å². The molecule has 0 radical (unpaired) electrons. The molecular weight excluding hydrogens is 401 g/mol. The average molecular weight is 424 g/mol. The van der Waals surface area contributed by atoms with Crippen LogP contribution >= 0.6 is 11.3 Å². The van der Waals surface area contributed by atoms with Crippen molar-refractivity contribution in [1.29, 1.82) is 5.26 Å². The maximum absolute atomic E-state index is 13.0. The zero-order valence-corrected chi connectivity index (χ0v) is 17.7. The van der Waals surface area contributed by atoms with Crippen LogP contribution in [0.25, 0.3) is 0 Å². The summed E-state index contributed by atoms with van der Waals surface area (Å²) in [7, 11) is -4.00. The van der Waals surface area contributed by atoms with Crippen molar-refractivity contribution in [3.8, 4) is 6.07 Å². The second-order valence-corrected chi connectivity index (χ2v) is 9.83. The van der Waals surface area contributed by atoms with E-state index in [1.165, 1.54) is 11.3 Å². The first-order valence-corrected chi connectivity index (χ1v) is 11.0. The molecule has 0 spiro atoms. The van der Waals surface area contributed by atoms with Crippen molar-refractivity contribution in [3.63, 3.8) is 0 Å². The first-order chi connectivity index (χ1) is 13.0. The lowest BCUT2D eigenvalue weighted by atomic mass is 9.86. The van der Waals surface area contributed by atoms with Crippen molar-refractivity contribution in [2.45, 2.75) is 50.5 Å². The van der Waals surface area contributed by atoms with E-state index in [2.05, 4.69) is 16.1 Å². The molecule has 2 rings (SSSR count). The van der Waals surface area contributed by atoms with E-state index in [4.69, 9.17) is 0 Å². The number of nitrogens with one attached hydrogen (secondary N) is 2. The number of hydrogen-bond donors (Lipinski definition) is 2. The smallest absolute Gasteiger partial charge is 0.243 e. The molecule has 150 valence electrons. The monoisotopic (exact) mass is 423 g/mol. The van der Waals surface area contributed by atoms with Crippen LogP contribution < -0.4 is 10.0 Å². The summed E-state index contributed by atoms with van der Waals surface area (Å²) in [6.07, 6.45) is 0.200. The van der Waals surface area contributed by atoms with Crippen LogP contribution in [-0.2, 0) is 20.2 Å². The maximum Gasteiger partial charge on any atom is 0.243 e. The van der Waals surface area contributed by atoms with E-state index in [1.54, 1.807) is 6.92 Å². The van der Waals surface area contributed by atoms with E-state index in [1.807, 2.05) is 26.2 Å². The molecule has 0 aliphatic heterocycles. The Morgan fingerprint density at radius 1 is 1.29 bits per heavy atom. The number of carbonyl (C=O) groups excluding carboxylic acids is 1. The SMILES string of the molecule is CCC(NS(=O)(=O)c1ccc(F)cc1)C(=O)Nc1scc(C(C)(C)C)c1C#N. The molecule has 0 aliphatic rings. The van der Waals surface area contributed by atoms with Gasteiger partial charge in [-0.2, -0.15) is 9.98 Å². The van der Waals surface area contributed by atoms with Gasteiger partial charge in [0.1, 0.15) is 22.9 Å². The van der Waals surface area contributed by atoms with E-state index in [0.717, 1.165) is 29.8 Å². The van der Waals surface area contributed by atoms with Crippen molar-refractivity contribution in [2.75, 3.05) is 5.32 Å². The van der Waals surface area contributed by atoms with Crippen LogP contribution in [-0.4, -0.2) is 20.4 Å². The van der Waals surface area contributed by atoms with Gasteiger partial charge in [-0.3, -0.25) is 4.79 Å². The van der Waals surface area contributed by atoms with Gasteiger partial charge in [0.25, 0.3) is 0 Å². The van der Waals surface area contributed by atoms with Crippen LogP contribution in [0.2, 0.25) is 0 Å². The molecule has 9 heteroatoms. The van der Waals surface area contributed by atoms with Gasteiger partial charge >= 0.3 is 0 Å². The highest BCUT2D eigenvalue weighted by molar-refractivity contribution is 7.89. The number of thiophene rings is 1. The number of nitrogens with zero attached hydrogens (tertiary/aromatic N) is 1. The number of halogens is 1. The molecule has 0 bridgehead atoms. The fraction of sp³-hybridized carbons (Fsp3) is 0.368. The van der Waals surface area contributed by atoms with Crippen molar-refractivity contribution in [1.82, 2.24) is 4.72 Å². The summed E-state index contributed by atoms with van der Waals surface area (Å²) < 4.78 is 40.3. The molecule has 1 unspecified atom stereocenters. The van der Waals surface area contributed by atoms with Crippen LogP contribution in [0.1, 0.15) is 45.2 Å².